The summed E-state index contributed by atoms with van der Waals surface area (Å²) in [6.07, 6.45) is 4.61. The largest absolute Gasteiger partial charge is 0.373 e. The van der Waals surface area contributed by atoms with Crippen molar-refractivity contribution in [2.75, 3.05) is 31.2 Å². The molecule has 1 aromatic carbocycles. The van der Waals surface area contributed by atoms with Gasteiger partial charge in [-0.05, 0) is 55.9 Å². The van der Waals surface area contributed by atoms with E-state index in [1.807, 2.05) is 38.1 Å². The molecule has 2 aliphatic heterocycles. The molecule has 2 aliphatic rings. The Balaban J connectivity index is 1.66. The highest BCUT2D eigenvalue weighted by atomic mass is 16.5. The van der Waals surface area contributed by atoms with Crippen LogP contribution in [0.25, 0.3) is 0 Å². The SMILES string of the molecule is CCCC1COCC(=O)[C@H]1NC(=O)[C@H](CC(C)C)NC(=O)c1ccc(N2CCCC2)cc1. The summed E-state index contributed by atoms with van der Waals surface area (Å²) in [7, 11) is 0. The number of benzene rings is 1. The first-order valence-corrected chi connectivity index (χ1v) is 12.0. The van der Waals surface area contributed by atoms with Crippen LogP contribution in [0.5, 0.6) is 0 Å². The number of hydrogen-bond donors (Lipinski definition) is 2. The van der Waals surface area contributed by atoms with E-state index in [1.165, 1.54) is 12.8 Å². The fourth-order valence-electron chi connectivity index (χ4n) is 4.58. The summed E-state index contributed by atoms with van der Waals surface area (Å²) in [6.45, 7) is 8.66. The van der Waals surface area contributed by atoms with Crippen molar-refractivity contribution < 1.29 is 19.1 Å². The number of nitrogens with zero attached hydrogens (tertiary/aromatic N) is 1. The highest BCUT2D eigenvalue weighted by Gasteiger charge is 2.35. The number of ether oxygens (including phenoxy) is 1. The van der Waals surface area contributed by atoms with E-state index in [9.17, 15) is 14.4 Å². The second-order valence-electron chi connectivity index (χ2n) is 9.41. The molecule has 7 heteroatoms. The lowest BCUT2D eigenvalue weighted by Gasteiger charge is -2.32. The number of nitrogens with one attached hydrogen (secondary N) is 2. The Bertz CT molecular complexity index is 785. The minimum absolute atomic E-state index is 0.0235. The van der Waals surface area contributed by atoms with Gasteiger partial charge in [-0.3, -0.25) is 14.4 Å². The Morgan fingerprint density at radius 1 is 1.16 bits per heavy atom. The van der Waals surface area contributed by atoms with Crippen molar-refractivity contribution in [1.82, 2.24) is 10.6 Å². The third kappa shape index (κ3) is 6.31. The minimum atomic E-state index is -0.696. The van der Waals surface area contributed by atoms with Gasteiger partial charge < -0.3 is 20.3 Å². The van der Waals surface area contributed by atoms with Crippen LogP contribution < -0.4 is 15.5 Å². The van der Waals surface area contributed by atoms with Crippen LogP contribution in [-0.4, -0.2) is 56.0 Å². The third-order valence-electron chi connectivity index (χ3n) is 6.28. The Kier molecular flexibility index (Phi) is 8.67. The fraction of sp³-hybridized carbons (Fsp3) is 0.640. The van der Waals surface area contributed by atoms with Gasteiger partial charge in [0, 0.05) is 30.3 Å². The maximum absolute atomic E-state index is 13.1. The van der Waals surface area contributed by atoms with Crippen molar-refractivity contribution in [3.05, 3.63) is 29.8 Å². The van der Waals surface area contributed by atoms with Gasteiger partial charge in [0.15, 0.2) is 5.78 Å². The standard InChI is InChI=1S/C25H37N3O4/c1-4-7-19-15-32-16-22(29)23(19)27-25(31)21(14-17(2)3)26-24(30)18-8-10-20(11-9-18)28-12-5-6-13-28/h8-11,17,19,21,23H,4-7,12-16H2,1-3H3,(H,26,30)(H,27,31)/t19?,21-,23-/m0/s1. The van der Waals surface area contributed by atoms with Crippen LogP contribution in [0, 0.1) is 11.8 Å². The number of rotatable bonds is 9. The monoisotopic (exact) mass is 443 g/mol. The van der Waals surface area contributed by atoms with E-state index in [-0.39, 0.29) is 36.0 Å². The molecule has 0 spiro atoms. The van der Waals surface area contributed by atoms with Crippen LogP contribution in [0.1, 0.15) is 63.2 Å². The summed E-state index contributed by atoms with van der Waals surface area (Å²) in [6, 6.07) is 6.31. The van der Waals surface area contributed by atoms with Crippen LogP contribution in [0.2, 0.25) is 0 Å². The van der Waals surface area contributed by atoms with E-state index >= 15 is 0 Å². The molecule has 176 valence electrons. The Morgan fingerprint density at radius 2 is 1.84 bits per heavy atom. The summed E-state index contributed by atoms with van der Waals surface area (Å²) < 4.78 is 5.38. The van der Waals surface area contributed by atoms with E-state index in [4.69, 9.17) is 4.74 Å². The summed E-state index contributed by atoms with van der Waals surface area (Å²) >= 11 is 0. The van der Waals surface area contributed by atoms with E-state index in [2.05, 4.69) is 22.5 Å². The van der Waals surface area contributed by atoms with E-state index in [1.54, 1.807) is 0 Å². The zero-order valence-corrected chi connectivity index (χ0v) is 19.6. The van der Waals surface area contributed by atoms with Crippen molar-refractivity contribution in [2.45, 2.75) is 65.0 Å². The molecule has 0 aliphatic carbocycles. The van der Waals surface area contributed by atoms with Gasteiger partial charge in [-0.15, -0.1) is 0 Å². The molecule has 0 aromatic heterocycles. The molecule has 2 fully saturated rings. The number of hydrogen-bond acceptors (Lipinski definition) is 5. The Hall–Kier alpha value is -2.41. The highest BCUT2D eigenvalue weighted by molar-refractivity contribution is 5.99. The first kappa shape index (κ1) is 24.2. The van der Waals surface area contributed by atoms with Crippen molar-refractivity contribution in [3.8, 4) is 0 Å². The van der Waals surface area contributed by atoms with Gasteiger partial charge >= 0.3 is 0 Å². The number of anilines is 1. The van der Waals surface area contributed by atoms with Crippen molar-refractivity contribution in [2.24, 2.45) is 11.8 Å². The summed E-state index contributed by atoms with van der Waals surface area (Å²) in [5.41, 5.74) is 1.65. The molecule has 2 saturated heterocycles. The summed E-state index contributed by atoms with van der Waals surface area (Å²) in [4.78, 5) is 40.7. The quantitative estimate of drug-likeness (QED) is 0.613. The van der Waals surface area contributed by atoms with E-state index in [0.29, 0.717) is 18.6 Å². The average Bonchev–Trinajstić information content (AvgIpc) is 3.30. The first-order valence-electron chi connectivity index (χ1n) is 12.0. The van der Waals surface area contributed by atoms with Gasteiger partial charge in [0.25, 0.3) is 5.91 Å². The van der Waals surface area contributed by atoms with Gasteiger partial charge in [-0.1, -0.05) is 27.2 Å². The maximum atomic E-state index is 13.1. The maximum Gasteiger partial charge on any atom is 0.251 e. The van der Waals surface area contributed by atoms with Crippen LogP contribution >= 0.6 is 0 Å². The molecule has 1 unspecified atom stereocenters. The average molecular weight is 444 g/mol. The van der Waals surface area contributed by atoms with E-state index in [0.717, 1.165) is 31.6 Å². The van der Waals surface area contributed by atoms with Crippen molar-refractivity contribution >= 4 is 23.3 Å². The van der Waals surface area contributed by atoms with Gasteiger partial charge in [0.1, 0.15) is 12.6 Å². The van der Waals surface area contributed by atoms with Crippen LogP contribution in [-0.2, 0) is 14.3 Å². The third-order valence-corrected chi connectivity index (χ3v) is 6.28. The molecular formula is C25H37N3O4. The fourth-order valence-corrected chi connectivity index (χ4v) is 4.58. The molecule has 0 radical (unpaired) electrons. The molecule has 7 nitrogen and oxygen atoms in total. The summed E-state index contributed by atoms with van der Waals surface area (Å²) in [5, 5.41) is 5.82. The molecule has 3 atom stereocenters. The summed E-state index contributed by atoms with van der Waals surface area (Å²) in [5.74, 6) is -0.501. The number of carbonyl (C=O) groups excluding carboxylic acids is 3. The second kappa shape index (κ2) is 11.5. The zero-order chi connectivity index (χ0) is 23.1. The predicted molar refractivity (Wildman–Crippen MR) is 125 cm³/mol. The molecule has 3 rings (SSSR count). The minimum Gasteiger partial charge on any atom is -0.373 e. The highest BCUT2D eigenvalue weighted by Crippen LogP contribution is 2.21. The lowest BCUT2D eigenvalue weighted by molar-refractivity contribution is -0.138. The zero-order valence-electron chi connectivity index (χ0n) is 19.6. The molecule has 32 heavy (non-hydrogen) atoms. The molecule has 0 bridgehead atoms. The molecular weight excluding hydrogens is 406 g/mol. The van der Waals surface area contributed by atoms with Gasteiger partial charge in [-0.2, -0.15) is 0 Å². The number of ketones is 1. The van der Waals surface area contributed by atoms with Crippen molar-refractivity contribution in [3.63, 3.8) is 0 Å². The lowest BCUT2D eigenvalue weighted by Crippen LogP contribution is -2.57. The van der Waals surface area contributed by atoms with Gasteiger partial charge in [0.05, 0.1) is 12.6 Å². The second-order valence-corrected chi connectivity index (χ2v) is 9.41. The first-order chi connectivity index (χ1) is 15.4. The van der Waals surface area contributed by atoms with Crippen LogP contribution in [0.15, 0.2) is 24.3 Å². The number of carbonyl (C=O) groups is 3. The lowest BCUT2D eigenvalue weighted by atomic mass is 9.90. The van der Waals surface area contributed by atoms with Gasteiger partial charge in [-0.25, -0.2) is 0 Å². The van der Waals surface area contributed by atoms with E-state index < -0.39 is 12.1 Å². The normalized spacial score (nSPS) is 22.1. The van der Waals surface area contributed by atoms with Crippen LogP contribution in [0.4, 0.5) is 5.69 Å². The topological polar surface area (TPSA) is 87.7 Å². The van der Waals surface area contributed by atoms with Gasteiger partial charge in [0.2, 0.25) is 5.91 Å². The Labute approximate surface area is 191 Å². The molecule has 2 N–H and O–H groups in total. The number of Topliss-reactive ketones (excluding diaryl/α,β-unsaturated/α-hetero) is 1. The number of amides is 2. The van der Waals surface area contributed by atoms with Crippen LogP contribution in [0.3, 0.4) is 0 Å². The smallest absolute Gasteiger partial charge is 0.251 e. The molecule has 0 saturated carbocycles. The molecule has 1 aromatic rings. The molecule has 2 amide bonds. The Morgan fingerprint density at radius 3 is 2.47 bits per heavy atom. The molecule has 2 heterocycles. The van der Waals surface area contributed by atoms with Crippen molar-refractivity contribution in [1.29, 1.82) is 0 Å². The predicted octanol–water partition coefficient (Wildman–Crippen LogP) is 2.93.